The third-order valence-electron chi connectivity index (χ3n) is 4.93. The van der Waals surface area contributed by atoms with Crippen LogP contribution in [0.25, 0.3) is 0 Å². The fourth-order valence-corrected chi connectivity index (χ4v) is 4.11. The van der Waals surface area contributed by atoms with E-state index in [2.05, 4.69) is 53.5 Å². The molecule has 2 fully saturated rings. The highest BCUT2D eigenvalue weighted by molar-refractivity contribution is 5.03. The van der Waals surface area contributed by atoms with Crippen molar-refractivity contribution in [2.24, 2.45) is 22.7 Å². The SMILES string of the molecule is CC1(C)CC(C)(C)C2CN(C(C)(C)C)OCC21. The van der Waals surface area contributed by atoms with Crippen molar-refractivity contribution < 1.29 is 4.84 Å². The average Bonchev–Trinajstić information content (AvgIpc) is 2.31. The molecule has 0 N–H and O–H groups in total. The molecule has 0 aromatic rings. The molecule has 0 amide bonds. The molecule has 1 saturated heterocycles. The Morgan fingerprint density at radius 2 is 1.53 bits per heavy atom. The molecular weight excluding hydrogens is 210 g/mol. The van der Waals surface area contributed by atoms with E-state index in [-0.39, 0.29) is 5.54 Å². The second-order valence-electron chi connectivity index (χ2n) is 8.39. The molecule has 1 aliphatic heterocycles. The van der Waals surface area contributed by atoms with Crippen LogP contribution in [-0.4, -0.2) is 23.8 Å². The van der Waals surface area contributed by atoms with E-state index in [1.165, 1.54) is 6.42 Å². The molecule has 1 saturated carbocycles. The molecule has 0 bridgehead atoms. The van der Waals surface area contributed by atoms with Gasteiger partial charge < -0.3 is 0 Å². The first-order valence-electron chi connectivity index (χ1n) is 6.95. The Morgan fingerprint density at radius 3 is 2.06 bits per heavy atom. The van der Waals surface area contributed by atoms with Crippen molar-refractivity contribution in [3.05, 3.63) is 0 Å². The van der Waals surface area contributed by atoms with Gasteiger partial charge in [0.2, 0.25) is 0 Å². The first-order valence-corrected chi connectivity index (χ1v) is 6.95. The van der Waals surface area contributed by atoms with Crippen molar-refractivity contribution in [2.45, 2.75) is 60.4 Å². The summed E-state index contributed by atoms with van der Waals surface area (Å²) in [6.07, 6.45) is 1.32. The van der Waals surface area contributed by atoms with E-state index < -0.39 is 0 Å². The lowest BCUT2D eigenvalue weighted by atomic mass is 9.76. The standard InChI is InChI=1S/C15H29NO/c1-13(2,3)16-8-11-12(9-17-16)15(6,7)10-14(11,4)5/h11-12H,8-10H2,1-7H3. The normalized spacial score (nSPS) is 36.9. The van der Waals surface area contributed by atoms with Gasteiger partial charge in [-0.05, 0) is 49.9 Å². The van der Waals surface area contributed by atoms with Crippen molar-refractivity contribution in [1.29, 1.82) is 0 Å². The molecule has 0 aromatic heterocycles. The van der Waals surface area contributed by atoms with E-state index >= 15 is 0 Å². The third-order valence-corrected chi connectivity index (χ3v) is 4.93. The number of nitrogens with zero attached hydrogens (tertiary/aromatic N) is 1. The number of hydroxylamine groups is 2. The Hall–Kier alpha value is -0.0800. The lowest BCUT2D eigenvalue weighted by Gasteiger charge is -2.46. The van der Waals surface area contributed by atoms with Crippen LogP contribution < -0.4 is 0 Å². The first kappa shape index (κ1) is 13.4. The zero-order chi connectivity index (χ0) is 13.1. The maximum Gasteiger partial charge on any atom is 0.0722 e. The molecule has 17 heavy (non-hydrogen) atoms. The topological polar surface area (TPSA) is 12.5 Å². The van der Waals surface area contributed by atoms with Crippen LogP contribution >= 0.6 is 0 Å². The second-order valence-corrected chi connectivity index (χ2v) is 8.39. The van der Waals surface area contributed by atoms with E-state index in [9.17, 15) is 0 Å². The lowest BCUT2D eigenvalue weighted by Crippen LogP contribution is -2.52. The number of fused-ring (bicyclic) bond motifs is 1. The van der Waals surface area contributed by atoms with Crippen LogP contribution in [0.5, 0.6) is 0 Å². The molecular formula is C15H29NO. The molecule has 0 radical (unpaired) electrons. The summed E-state index contributed by atoms with van der Waals surface area (Å²) >= 11 is 0. The monoisotopic (exact) mass is 239 g/mol. The summed E-state index contributed by atoms with van der Waals surface area (Å²) in [5, 5.41) is 2.21. The highest BCUT2D eigenvalue weighted by Crippen LogP contribution is 2.58. The zero-order valence-electron chi connectivity index (χ0n) is 12.6. The van der Waals surface area contributed by atoms with Crippen LogP contribution in [0.2, 0.25) is 0 Å². The number of hydrogen-bond acceptors (Lipinski definition) is 2. The van der Waals surface area contributed by atoms with Crippen LogP contribution in [0.15, 0.2) is 0 Å². The van der Waals surface area contributed by atoms with Crippen molar-refractivity contribution >= 4 is 0 Å². The summed E-state index contributed by atoms with van der Waals surface area (Å²) in [6, 6.07) is 0. The maximum atomic E-state index is 6.02. The van der Waals surface area contributed by atoms with Crippen LogP contribution in [-0.2, 0) is 4.84 Å². The van der Waals surface area contributed by atoms with E-state index in [4.69, 9.17) is 4.84 Å². The minimum Gasteiger partial charge on any atom is -0.298 e. The molecule has 0 spiro atoms. The predicted molar refractivity (Wildman–Crippen MR) is 71.6 cm³/mol. The molecule has 2 heteroatoms. The van der Waals surface area contributed by atoms with E-state index in [0.29, 0.717) is 10.8 Å². The number of hydrogen-bond donors (Lipinski definition) is 0. The predicted octanol–water partition coefficient (Wildman–Crippen LogP) is 3.72. The molecule has 2 aliphatic rings. The minimum atomic E-state index is 0.119. The van der Waals surface area contributed by atoms with Gasteiger partial charge >= 0.3 is 0 Å². The van der Waals surface area contributed by atoms with Crippen LogP contribution in [0.4, 0.5) is 0 Å². The fourth-order valence-electron chi connectivity index (χ4n) is 4.11. The molecule has 1 heterocycles. The first-order chi connectivity index (χ1) is 7.54. The summed E-state index contributed by atoms with van der Waals surface area (Å²) < 4.78 is 0. The van der Waals surface area contributed by atoms with E-state index in [0.717, 1.165) is 25.0 Å². The maximum absolute atomic E-state index is 6.02. The van der Waals surface area contributed by atoms with E-state index in [1.807, 2.05) is 0 Å². The van der Waals surface area contributed by atoms with Crippen molar-refractivity contribution in [3.63, 3.8) is 0 Å². The van der Waals surface area contributed by atoms with E-state index in [1.54, 1.807) is 0 Å². The van der Waals surface area contributed by atoms with Crippen LogP contribution in [0.1, 0.15) is 54.9 Å². The van der Waals surface area contributed by atoms with Gasteiger partial charge in [-0.3, -0.25) is 4.84 Å². The largest absolute Gasteiger partial charge is 0.298 e. The quantitative estimate of drug-likeness (QED) is 0.639. The van der Waals surface area contributed by atoms with Crippen molar-refractivity contribution in [1.82, 2.24) is 5.06 Å². The lowest BCUT2D eigenvalue weighted by molar-refractivity contribution is -0.264. The molecule has 2 atom stereocenters. The van der Waals surface area contributed by atoms with Gasteiger partial charge in [-0.2, -0.15) is 5.06 Å². The highest BCUT2D eigenvalue weighted by atomic mass is 16.7. The van der Waals surface area contributed by atoms with Gasteiger partial charge in [0, 0.05) is 12.1 Å². The summed E-state index contributed by atoms with van der Waals surface area (Å²) in [7, 11) is 0. The molecule has 100 valence electrons. The van der Waals surface area contributed by atoms with Gasteiger partial charge in [-0.15, -0.1) is 0 Å². The zero-order valence-corrected chi connectivity index (χ0v) is 12.6. The Balaban J connectivity index is 2.20. The fraction of sp³-hybridized carbons (Fsp3) is 1.00. The van der Waals surface area contributed by atoms with Crippen molar-refractivity contribution in [2.75, 3.05) is 13.2 Å². The molecule has 2 nitrogen and oxygen atoms in total. The summed E-state index contributed by atoms with van der Waals surface area (Å²) in [6.45, 7) is 18.4. The van der Waals surface area contributed by atoms with Gasteiger partial charge in [0.15, 0.2) is 0 Å². The van der Waals surface area contributed by atoms with Crippen LogP contribution in [0, 0.1) is 22.7 Å². The summed E-state index contributed by atoms with van der Waals surface area (Å²) in [5.74, 6) is 1.49. The third kappa shape index (κ3) is 2.26. The Morgan fingerprint density at radius 1 is 1.00 bits per heavy atom. The molecule has 0 aromatic carbocycles. The molecule has 2 unspecified atom stereocenters. The second kappa shape index (κ2) is 3.71. The minimum absolute atomic E-state index is 0.119. The Labute approximate surface area is 107 Å². The summed E-state index contributed by atoms with van der Waals surface area (Å²) in [5.41, 5.74) is 0.993. The van der Waals surface area contributed by atoms with Crippen LogP contribution in [0.3, 0.4) is 0 Å². The average molecular weight is 239 g/mol. The Kier molecular flexibility index (Phi) is 2.91. The van der Waals surface area contributed by atoms with Gasteiger partial charge in [0.1, 0.15) is 0 Å². The molecule has 2 rings (SSSR count). The summed E-state index contributed by atoms with van der Waals surface area (Å²) in [4.78, 5) is 6.02. The molecule has 1 aliphatic carbocycles. The van der Waals surface area contributed by atoms with Gasteiger partial charge in [0.05, 0.1) is 6.61 Å². The van der Waals surface area contributed by atoms with Gasteiger partial charge in [0.25, 0.3) is 0 Å². The Bertz CT molecular complexity index is 301. The van der Waals surface area contributed by atoms with Crippen molar-refractivity contribution in [3.8, 4) is 0 Å². The smallest absolute Gasteiger partial charge is 0.0722 e. The highest BCUT2D eigenvalue weighted by Gasteiger charge is 2.55. The number of rotatable bonds is 0. The van der Waals surface area contributed by atoms with Gasteiger partial charge in [-0.25, -0.2) is 0 Å². The van der Waals surface area contributed by atoms with Gasteiger partial charge in [-0.1, -0.05) is 27.7 Å².